The van der Waals surface area contributed by atoms with Crippen molar-refractivity contribution in [2.24, 2.45) is 5.41 Å². The molecule has 15 heavy (non-hydrogen) atoms. The zero-order chi connectivity index (χ0) is 11.3. The average Bonchev–Trinajstić information content (AvgIpc) is 2.99. The highest BCUT2D eigenvalue weighted by Crippen LogP contribution is 2.20. The summed E-state index contributed by atoms with van der Waals surface area (Å²) >= 11 is 0. The maximum Gasteiger partial charge on any atom is 0.305 e. The van der Waals surface area contributed by atoms with Crippen molar-refractivity contribution in [3.63, 3.8) is 0 Å². The minimum Gasteiger partial charge on any atom is -0.465 e. The van der Waals surface area contributed by atoms with Gasteiger partial charge in [-0.15, -0.1) is 0 Å². The molecule has 3 nitrogen and oxygen atoms in total. The first-order chi connectivity index (χ1) is 7.03. The fraction of sp³-hybridized carbons (Fsp3) is 0.917. The third-order valence-corrected chi connectivity index (χ3v) is 2.89. The summed E-state index contributed by atoms with van der Waals surface area (Å²) in [5.74, 6) is -0.0721. The zero-order valence-electron chi connectivity index (χ0n) is 10.0. The molecule has 1 aliphatic heterocycles. The van der Waals surface area contributed by atoms with Crippen molar-refractivity contribution < 1.29 is 14.3 Å². The van der Waals surface area contributed by atoms with Gasteiger partial charge in [0.25, 0.3) is 0 Å². The summed E-state index contributed by atoms with van der Waals surface area (Å²) in [5, 5.41) is 0. The molecule has 88 valence electrons. The molecule has 3 heteroatoms. The second kappa shape index (κ2) is 5.50. The summed E-state index contributed by atoms with van der Waals surface area (Å²) in [7, 11) is 0. The molecule has 0 aliphatic carbocycles. The van der Waals surface area contributed by atoms with E-state index in [4.69, 9.17) is 9.47 Å². The first-order valence-corrected chi connectivity index (χ1v) is 5.81. The van der Waals surface area contributed by atoms with Crippen LogP contribution >= 0.6 is 0 Å². The van der Waals surface area contributed by atoms with Crippen LogP contribution in [0.3, 0.4) is 0 Å². The molecule has 0 radical (unpaired) electrons. The van der Waals surface area contributed by atoms with Crippen LogP contribution in [0.1, 0.15) is 46.5 Å². The van der Waals surface area contributed by atoms with Crippen molar-refractivity contribution in [3.8, 4) is 0 Å². The molecule has 1 unspecified atom stereocenters. The molecule has 0 bridgehead atoms. The molecular formula is C12H22O3. The lowest BCUT2D eigenvalue weighted by atomic mass is 9.92. The SMILES string of the molecule is CCC(C)(C)COC(=O)CCCC1CO1. The summed E-state index contributed by atoms with van der Waals surface area (Å²) < 4.78 is 10.3. The molecule has 0 aromatic heterocycles. The Labute approximate surface area is 92.1 Å². The van der Waals surface area contributed by atoms with Gasteiger partial charge in [0.15, 0.2) is 0 Å². The van der Waals surface area contributed by atoms with Crippen LogP contribution in [0, 0.1) is 5.41 Å². The maximum atomic E-state index is 11.3. The third kappa shape index (κ3) is 5.78. The standard InChI is InChI=1S/C12H22O3/c1-4-12(2,3)9-15-11(13)7-5-6-10-8-14-10/h10H,4-9H2,1-3H3. The highest BCUT2D eigenvalue weighted by atomic mass is 16.6. The fourth-order valence-corrected chi connectivity index (χ4v) is 1.16. The summed E-state index contributed by atoms with van der Waals surface area (Å²) in [6, 6.07) is 0. The van der Waals surface area contributed by atoms with Gasteiger partial charge in [-0.3, -0.25) is 4.79 Å². The third-order valence-electron chi connectivity index (χ3n) is 2.89. The van der Waals surface area contributed by atoms with Gasteiger partial charge in [-0.2, -0.15) is 0 Å². The second-order valence-corrected chi connectivity index (χ2v) is 5.03. The Morgan fingerprint density at radius 1 is 1.53 bits per heavy atom. The monoisotopic (exact) mass is 214 g/mol. The van der Waals surface area contributed by atoms with Crippen LogP contribution in [-0.2, 0) is 14.3 Å². The lowest BCUT2D eigenvalue weighted by molar-refractivity contribution is -0.146. The number of carbonyl (C=O) groups excluding carboxylic acids is 1. The van der Waals surface area contributed by atoms with E-state index in [1.54, 1.807) is 0 Å². The van der Waals surface area contributed by atoms with Gasteiger partial charge < -0.3 is 9.47 Å². The molecule has 1 fully saturated rings. The molecule has 1 saturated heterocycles. The number of epoxide rings is 1. The first-order valence-electron chi connectivity index (χ1n) is 5.81. The molecular weight excluding hydrogens is 192 g/mol. The van der Waals surface area contributed by atoms with Crippen molar-refractivity contribution in [1.82, 2.24) is 0 Å². The highest BCUT2D eigenvalue weighted by molar-refractivity contribution is 5.69. The molecule has 1 heterocycles. The molecule has 1 aliphatic rings. The summed E-state index contributed by atoms with van der Waals surface area (Å²) in [6.07, 6.45) is 3.85. The Balaban J connectivity index is 2.01. The zero-order valence-corrected chi connectivity index (χ0v) is 10.0. The van der Waals surface area contributed by atoms with Gasteiger partial charge in [0.1, 0.15) is 0 Å². The number of esters is 1. The van der Waals surface area contributed by atoms with Crippen LogP contribution in [0.25, 0.3) is 0 Å². The highest BCUT2D eigenvalue weighted by Gasteiger charge is 2.22. The predicted octanol–water partition coefficient (Wildman–Crippen LogP) is 2.53. The van der Waals surface area contributed by atoms with E-state index in [1.165, 1.54) is 0 Å². The summed E-state index contributed by atoms with van der Waals surface area (Å²) in [4.78, 5) is 11.3. The summed E-state index contributed by atoms with van der Waals surface area (Å²) in [5.41, 5.74) is 0.106. The van der Waals surface area contributed by atoms with Gasteiger partial charge in [-0.05, 0) is 24.7 Å². The molecule has 0 saturated carbocycles. The predicted molar refractivity (Wildman–Crippen MR) is 58.6 cm³/mol. The molecule has 1 atom stereocenters. The van der Waals surface area contributed by atoms with Crippen LogP contribution in [0.5, 0.6) is 0 Å². The summed E-state index contributed by atoms with van der Waals surface area (Å²) in [6.45, 7) is 7.73. The van der Waals surface area contributed by atoms with Crippen LogP contribution in [0.15, 0.2) is 0 Å². The van der Waals surface area contributed by atoms with Crippen molar-refractivity contribution in [2.45, 2.75) is 52.6 Å². The van der Waals surface area contributed by atoms with Crippen molar-refractivity contribution in [2.75, 3.05) is 13.2 Å². The lowest BCUT2D eigenvalue weighted by Crippen LogP contribution is -2.20. The van der Waals surface area contributed by atoms with Gasteiger partial charge in [0.05, 0.1) is 19.3 Å². The smallest absolute Gasteiger partial charge is 0.305 e. The van der Waals surface area contributed by atoms with Crippen molar-refractivity contribution >= 4 is 5.97 Å². The molecule has 1 rings (SSSR count). The molecule has 0 spiro atoms. The molecule has 0 amide bonds. The van der Waals surface area contributed by atoms with Crippen LogP contribution < -0.4 is 0 Å². The molecule has 0 N–H and O–H groups in total. The van der Waals surface area contributed by atoms with Gasteiger partial charge in [0, 0.05) is 6.42 Å². The van der Waals surface area contributed by atoms with E-state index in [0.29, 0.717) is 19.1 Å². The van der Waals surface area contributed by atoms with E-state index in [-0.39, 0.29) is 11.4 Å². The Kier molecular flexibility index (Phi) is 4.58. The van der Waals surface area contributed by atoms with Gasteiger partial charge in [0.2, 0.25) is 0 Å². The second-order valence-electron chi connectivity index (χ2n) is 5.03. The Hall–Kier alpha value is -0.570. The number of hydrogen-bond donors (Lipinski definition) is 0. The van der Waals surface area contributed by atoms with Gasteiger partial charge in [-0.1, -0.05) is 20.8 Å². The maximum absolute atomic E-state index is 11.3. The molecule has 0 aromatic rings. The minimum absolute atomic E-state index is 0.0721. The fourth-order valence-electron chi connectivity index (χ4n) is 1.16. The van der Waals surface area contributed by atoms with E-state index in [0.717, 1.165) is 25.9 Å². The Bertz CT molecular complexity index is 207. The van der Waals surface area contributed by atoms with Gasteiger partial charge >= 0.3 is 5.97 Å². The van der Waals surface area contributed by atoms with Crippen LogP contribution in [0.2, 0.25) is 0 Å². The normalized spacial score (nSPS) is 20.1. The topological polar surface area (TPSA) is 38.8 Å². The van der Waals surface area contributed by atoms with E-state index >= 15 is 0 Å². The molecule has 0 aromatic carbocycles. The van der Waals surface area contributed by atoms with E-state index in [2.05, 4.69) is 20.8 Å². The quantitative estimate of drug-likeness (QED) is 0.483. The number of hydrogen-bond acceptors (Lipinski definition) is 3. The van der Waals surface area contributed by atoms with E-state index in [1.807, 2.05) is 0 Å². The van der Waals surface area contributed by atoms with Crippen molar-refractivity contribution in [1.29, 1.82) is 0 Å². The Morgan fingerprint density at radius 2 is 2.20 bits per heavy atom. The van der Waals surface area contributed by atoms with E-state index in [9.17, 15) is 4.79 Å². The van der Waals surface area contributed by atoms with Gasteiger partial charge in [-0.25, -0.2) is 0 Å². The van der Waals surface area contributed by atoms with Crippen molar-refractivity contribution in [3.05, 3.63) is 0 Å². The minimum atomic E-state index is -0.0721. The number of ether oxygens (including phenoxy) is 2. The average molecular weight is 214 g/mol. The first kappa shape index (κ1) is 12.5. The van der Waals surface area contributed by atoms with Crippen LogP contribution in [0.4, 0.5) is 0 Å². The van der Waals surface area contributed by atoms with E-state index < -0.39 is 0 Å². The lowest BCUT2D eigenvalue weighted by Gasteiger charge is -2.21. The van der Waals surface area contributed by atoms with Crippen LogP contribution in [-0.4, -0.2) is 25.3 Å². The number of carbonyl (C=O) groups is 1. The number of rotatable bonds is 7. The largest absolute Gasteiger partial charge is 0.465 e. The Morgan fingerprint density at radius 3 is 2.73 bits per heavy atom.